The lowest BCUT2D eigenvalue weighted by molar-refractivity contribution is -0.277. The van der Waals surface area contributed by atoms with E-state index >= 15 is 0 Å². The first-order chi connectivity index (χ1) is 14.0. The van der Waals surface area contributed by atoms with Crippen LogP contribution in [0.5, 0.6) is 5.75 Å². The van der Waals surface area contributed by atoms with Crippen molar-refractivity contribution in [2.45, 2.75) is 25.4 Å². The molecule has 0 amide bonds. The Morgan fingerprint density at radius 1 is 0.655 bits per heavy atom. The molecule has 1 saturated heterocycles. The van der Waals surface area contributed by atoms with E-state index in [9.17, 15) is 8.78 Å². The maximum Gasteiger partial charge on any atom is 0.185 e. The number of hydrogen-bond acceptors (Lipinski definition) is 3. The maximum atomic E-state index is 13.4. The van der Waals surface area contributed by atoms with Crippen LogP contribution >= 0.6 is 0 Å². The van der Waals surface area contributed by atoms with Gasteiger partial charge < -0.3 is 14.2 Å². The highest BCUT2D eigenvalue weighted by Gasteiger charge is 2.39. The Labute approximate surface area is 168 Å². The van der Waals surface area contributed by atoms with E-state index in [-0.39, 0.29) is 29.8 Å². The van der Waals surface area contributed by atoms with Gasteiger partial charge in [0.25, 0.3) is 0 Å². The number of rotatable bonds is 4. The standard InChI is InChI=1S/C24H22F2O3/c1-15-22(16-3-9-19(25)10-4-16)28-24(18-5-11-20(26)12-6-18)29-23(15)17-7-13-21(27-2)14-8-17/h3-15,22-24H,1-2H3/t15-,22+,23-,24-/m1/s1. The second-order valence-corrected chi connectivity index (χ2v) is 7.18. The van der Waals surface area contributed by atoms with E-state index in [1.165, 1.54) is 24.3 Å². The van der Waals surface area contributed by atoms with Crippen molar-refractivity contribution >= 4 is 0 Å². The van der Waals surface area contributed by atoms with E-state index < -0.39 is 6.29 Å². The quantitative estimate of drug-likeness (QED) is 0.530. The maximum absolute atomic E-state index is 13.4. The molecular formula is C24H22F2O3. The van der Waals surface area contributed by atoms with Gasteiger partial charge in [-0.15, -0.1) is 0 Å². The van der Waals surface area contributed by atoms with Gasteiger partial charge in [0, 0.05) is 11.5 Å². The Morgan fingerprint density at radius 3 is 1.52 bits per heavy atom. The molecule has 0 saturated carbocycles. The Morgan fingerprint density at radius 2 is 1.07 bits per heavy atom. The summed E-state index contributed by atoms with van der Waals surface area (Å²) in [6, 6.07) is 20.1. The van der Waals surface area contributed by atoms with Crippen LogP contribution in [0.1, 0.15) is 42.1 Å². The Hall–Kier alpha value is -2.76. The normalized spacial score (nSPS) is 24.3. The molecule has 1 aliphatic rings. The van der Waals surface area contributed by atoms with E-state index in [0.29, 0.717) is 0 Å². The van der Waals surface area contributed by atoms with Crippen molar-refractivity contribution in [3.05, 3.63) is 101 Å². The number of methoxy groups -OCH3 is 1. The van der Waals surface area contributed by atoms with Crippen LogP contribution in [0.3, 0.4) is 0 Å². The van der Waals surface area contributed by atoms with Gasteiger partial charge in [-0.25, -0.2) is 8.78 Å². The number of benzene rings is 3. The van der Waals surface area contributed by atoms with Gasteiger partial charge in [0.15, 0.2) is 6.29 Å². The minimum atomic E-state index is -0.672. The summed E-state index contributed by atoms with van der Waals surface area (Å²) in [6.45, 7) is 2.05. The van der Waals surface area contributed by atoms with Crippen LogP contribution in [0.4, 0.5) is 8.78 Å². The van der Waals surface area contributed by atoms with Crippen LogP contribution in [-0.4, -0.2) is 7.11 Å². The van der Waals surface area contributed by atoms with Gasteiger partial charge in [-0.2, -0.15) is 0 Å². The van der Waals surface area contributed by atoms with E-state index in [1.807, 2.05) is 31.2 Å². The molecule has 0 aliphatic carbocycles. The average molecular weight is 396 g/mol. The molecule has 0 aromatic heterocycles. The Balaban J connectivity index is 1.70. The van der Waals surface area contributed by atoms with Crippen molar-refractivity contribution in [2.75, 3.05) is 7.11 Å². The van der Waals surface area contributed by atoms with Crippen LogP contribution in [0.25, 0.3) is 0 Å². The summed E-state index contributed by atoms with van der Waals surface area (Å²) in [5, 5.41) is 0. The zero-order valence-corrected chi connectivity index (χ0v) is 16.2. The zero-order chi connectivity index (χ0) is 20.4. The smallest absolute Gasteiger partial charge is 0.185 e. The lowest BCUT2D eigenvalue weighted by Gasteiger charge is -2.41. The zero-order valence-electron chi connectivity index (χ0n) is 16.2. The van der Waals surface area contributed by atoms with Crippen LogP contribution in [0.2, 0.25) is 0 Å². The second kappa shape index (κ2) is 8.31. The third-order valence-electron chi connectivity index (χ3n) is 5.28. The molecule has 1 fully saturated rings. The summed E-state index contributed by atoms with van der Waals surface area (Å²) in [5.41, 5.74) is 2.58. The second-order valence-electron chi connectivity index (χ2n) is 7.18. The minimum Gasteiger partial charge on any atom is -0.497 e. The molecule has 150 valence electrons. The fourth-order valence-electron chi connectivity index (χ4n) is 3.69. The largest absolute Gasteiger partial charge is 0.497 e. The molecule has 0 N–H and O–H groups in total. The van der Waals surface area contributed by atoms with Gasteiger partial charge in [0.05, 0.1) is 19.3 Å². The summed E-state index contributed by atoms with van der Waals surface area (Å²) in [7, 11) is 1.62. The van der Waals surface area contributed by atoms with Gasteiger partial charge in [-0.1, -0.05) is 43.3 Å². The molecule has 1 aliphatic heterocycles. The summed E-state index contributed by atoms with van der Waals surface area (Å²) in [6.07, 6.45) is -1.25. The first-order valence-electron chi connectivity index (χ1n) is 9.51. The van der Waals surface area contributed by atoms with Crippen molar-refractivity contribution < 1.29 is 23.0 Å². The van der Waals surface area contributed by atoms with Gasteiger partial charge in [-0.05, 0) is 47.5 Å². The van der Waals surface area contributed by atoms with Crippen molar-refractivity contribution in [3.63, 3.8) is 0 Å². The molecule has 3 aromatic carbocycles. The fraction of sp³-hybridized carbons (Fsp3) is 0.250. The van der Waals surface area contributed by atoms with Gasteiger partial charge >= 0.3 is 0 Å². The van der Waals surface area contributed by atoms with E-state index in [1.54, 1.807) is 31.4 Å². The van der Waals surface area contributed by atoms with Crippen LogP contribution < -0.4 is 4.74 Å². The molecule has 3 aromatic rings. The molecule has 29 heavy (non-hydrogen) atoms. The monoisotopic (exact) mass is 396 g/mol. The predicted octanol–water partition coefficient (Wildman–Crippen LogP) is 6.14. The third-order valence-corrected chi connectivity index (χ3v) is 5.28. The molecule has 4 atom stereocenters. The van der Waals surface area contributed by atoms with E-state index in [4.69, 9.17) is 14.2 Å². The van der Waals surface area contributed by atoms with Gasteiger partial charge in [0.1, 0.15) is 17.4 Å². The predicted molar refractivity (Wildman–Crippen MR) is 105 cm³/mol. The van der Waals surface area contributed by atoms with Crippen molar-refractivity contribution in [1.82, 2.24) is 0 Å². The SMILES string of the molecule is COc1ccc([C@@H]2O[C@H](c3ccc(F)cc3)O[C@H](c3ccc(F)cc3)[C@H]2C)cc1. The topological polar surface area (TPSA) is 27.7 Å². The highest BCUT2D eigenvalue weighted by atomic mass is 19.1. The molecule has 5 heteroatoms. The van der Waals surface area contributed by atoms with Crippen molar-refractivity contribution in [3.8, 4) is 5.75 Å². The molecule has 3 nitrogen and oxygen atoms in total. The lowest BCUT2D eigenvalue weighted by Crippen LogP contribution is -2.32. The van der Waals surface area contributed by atoms with Crippen LogP contribution in [-0.2, 0) is 9.47 Å². The van der Waals surface area contributed by atoms with Gasteiger partial charge in [0.2, 0.25) is 0 Å². The fourth-order valence-corrected chi connectivity index (χ4v) is 3.69. The highest BCUT2D eigenvalue weighted by molar-refractivity contribution is 5.30. The first-order valence-corrected chi connectivity index (χ1v) is 9.51. The Kier molecular flexibility index (Phi) is 5.60. The average Bonchev–Trinajstić information content (AvgIpc) is 2.75. The molecule has 0 radical (unpaired) electrons. The third kappa shape index (κ3) is 4.16. The van der Waals surface area contributed by atoms with Crippen molar-refractivity contribution in [2.24, 2.45) is 5.92 Å². The van der Waals surface area contributed by atoms with Crippen molar-refractivity contribution in [1.29, 1.82) is 0 Å². The minimum absolute atomic E-state index is 0.0365. The molecule has 0 bridgehead atoms. The summed E-state index contributed by atoms with van der Waals surface area (Å²) < 4.78 is 44.6. The molecule has 4 rings (SSSR count). The van der Waals surface area contributed by atoms with Gasteiger partial charge in [-0.3, -0.25) is 0 Å². The molecule has 0 spiro atoms. The number of halogens is 2. The summed E-state index contributed by atoms with van der Waals surface area (Å²) in [4.78, 5) is 0. The highest BCUT2D eigenvalue weighted by Crippen LogP contribution is 2.47. The Bertz CT molecular complexity index is 939. The van der Waals surface area contributed by atoms with Crippen LogP contribution in [0, 0.1) is 17.6 Å². The molecule has 1 heterocycles. The first kappa shape index (κ1) is 19.6. The molecule has 0 unspecified atom stereocenters. The number of hydrogen-bond donors (Lipinski definition) is 0. The summed E-state index contributed by atoms with van der Waals surface area (Å²) >= 11 is 0. The number of ether oxygens (including phenoxy) is 3. The van der Waals surface area contributed by atoms with E-state index in [0.717, 1.165) is 22.4 Å². The molecular weight excluding hydrogens is 374 g/mol. The van der Waals surface area contributed by atoms with Crippen LogP contribution in [0.15, 0.2) is 72.8 Å². The summed E-state index contributed by atoms with van der Waals surface area (Å²) in [5.74, 6) is 0.110. The lowest BCUT2D eigenvalue weighted by atomic mass is 9.87. The van der Waals surface area contributed by atoms with E-state index in [2.05, 4.69) is 0 Å².